The molecule has 0 aliphatic heterocycles. The van der Waals surface area contributed by atoms with Gasteiger partial charge in [0.25, 0.3) is 0 Å². The summed E-state index contributed by atoms with van der Waals surface area (Å²) in [6.07, 6.45) is 5.00. The van der Waals surface area contributed by atoms with Gasteiger partial charge in [-0.05, 0) is 36.5 Å². The lowest BCUT2D eigenvalue weighted by Crippen LogP contribution is -2.07. The van der Waals surface area contributed by atoms with Gasteiger partial charge in [0, 0.05) is 4.47 Å². The van der Waals surface area contributed by atoms with Gasteiger partial charge in [0.05, 0.1) is 12.0 Å². The van der Waals surface area contributed by atoms with Gasteiger partial charge in [-0.1, -0.05) is 40.9 Å². The Hall–Kier alpha value is -0.810. The van der Waals surface area contributed by atoms with Crippen molar-refractivity contribution in [2.75, 3.05) is 0 Å². The topological polar surface area (TPSA) is 23.8 Å². The molecule has 15 heavy (non-hydrogen) atoms. The molecule has 0 heterocycles. The Labute approximate surface area is 99.2 Å². The molecule has 0 bridgehead atoms. The first kappa shape index (κ1) is 10.7. The highest BCUT2D eigenvalue weighted by Crippen LogP contribution is 2.37. The largest absolute Gasteiger partial charge is 0.198 e. The van der Waals surface area contributed by atoms with Gasteiger partial charge in [-0.2, -0.15) is 5.26 Å². The molecule has 0 unspecified atom stereocenters. The molecule has 1 aliphatic rings. The Morgan fingerprint density at radius 3 is 2.67 bits per heavy atom. The SMILES string of the molecule is N#C[C@H](c1cccc(Br)c1)C1CCCC1. The summed E-state index contributed by atoms with van der Waals surface area (Å²) >= 11 is 3.46. The minimum atomic E-state index is 0.0880. The van der Waals surface area contributed by atoms with Crippen LogP contribution in [-0.2, 0) is 0 Å². The lowest BCUT2D eigenvalue weighted by molar-refractivity contribution is 0.501. The highest BCUT2D eigenvalue weighted by molar-refractivity contribution is 9.10. The fourth-order valence-corrected chi connectivity index (χ4v) is 2.86. The van der Waals surface area contributed by atoms with Crippen LogP contribution in [0.1, 0.15) is 37.2 Å². The van der Waals surface area contributed by atoms with Crippen LogP contribution in [0.15, 0.2) is 28.7 Å². The molecule has 2 rings (SSSR count). The summed E-state index contributed by atoms with van der Waals surface area (Å²) in [5, 5.41) is 9.27. The van der Waals surface area contributed by atoms with Crippen LogP contribution < -0.4 is 0 Å². The summed E-state index contributed by atoms with van der Waals surface area (Å²) in [7, 11) is 0. The van der Waals surface area contributed by atoms with E-state index in [0.29, 0.717) is 5.92 Å². The second-order valence-corrected chi connectivity index (χ2v) is 5.12. The Bertz CT molecular complexity index is 374. The summed E-state index contributed by atoms with van der Waals surface area (Å²) in [4.78, 5) is 0. The molecule has 1 saturated carbocycles. The molecule has 1 aliphatic carbocycles. The minimum absolute atomic E-state index is 0.0880. The van der Waals surface area contributed by atoms with Crippen LogP contribution in [0.25, 0.3) is 0 Å². The van der Waals surface area contributed by atoms with Crippen molar-refractivity contribution in [2.24, 2.45) is 5.92 Å². The van der Waals surface area contributed by atoms with Crippen LogP contribution in [0.3, 0.4) is 0 Å². The number of hydrogen-bond acceptors (Lipinski definition) is 1. The minimum Gasteiger partial charge on any atom is -0.198 e. The summed E-state index contributed by atoms with van der Waals surface area (Å²) in [5.41, 5.74) is 1.17. The smallest absolute Gasteiger partial charge is 0.0741 e. The van der Waals surface area contributed by atoms with Crippen LogP contribution in [0, 0.1) is 17.2 Å². The van der Waals surface area contributed by atoms with E-state index in [2.05, 4.69) is 34.1 Å². The molecule has 0 spiro atoms. The highest BCUT2D eigenvalue weighted by atomic mass is 79.9. The number of hydrogen-bond donors (Lipinski definition) is 0. The monoisotopic (exact) mass is 263 g/mol. The number of halogens is 1. The fourth-order valence-electron chi connectivity index (χ4n) is 2.44. The van der Waals surface area contributed by atoms with Crippen LogP contribution in [0.5, 0.6) is 0 Å². The summed E-state index contributed by atoms with van der Waals surface area (Å²) in [6, 6.07) is 10.6. The first-order valence-electron chi connectivity index (χ1n) is 5.46. The van der Waals surface area contributed by atoms with E-state index in [1.807, 2.05) is 12.1 Å². The normalized spacial score (nSPS) is 18.7. The highest BCUT2D eigenvalue weighted by Gasteiger charge is 2.26. The van der Waals surface area contributed by atoms with Crippen molar-refractivity contribution in [3.63, 3.8) is 0 Å². The van der Waals surface area contributed by atoms with Crippen LogP contribution in [0.4, 0.5) is 0 Å². The van der Waals surface area contributed by atoms with Gasteiger partial charge in [0.1, 0.15) is 0 Å². The van der Waals surface area contributed by atoms with Crippen molar-refractivity contribution >= 4 is 15.9 Å². The summed E-state index contributed by atoms with van der Waals surface area (Å²) < 4.78 is 1.07. The van der Waals surface area contributed by atoms with E-state index in [9.17, 15) is 5.26 Å². The molecule has 0 saturated heterocycles. The van der Waals surface area contributed by atoms with Crippen LogP contribution >= 0.6 is 15.9 Å². The molecule has 1 aromatic rings. The van der Waals surface area contributed by atoms with Crippen LogP contribution in [-0.4, -0.2) is 0 Å². The van der Waals surface area contributed by atoms with Crippen molar-refractivity contribution in [3.05, 3.63) is 34.3 Å². The zero-order chi connectivity index (χ0) is 10.7. The van der Waals surface area contributed by atoms with Gasteiger partial charge in [0.15, 0.2) is 0 Å². The predicted octanol–water partition coefficient (Wildman–Crippen LogP) is 4.25. The Morgan fingerprint density at radius 2 is 2.07 bits per heavy atom. The Morgan fingerprint density at radius 1 is 1.33 bits per heavy atom. The molecule has 78 valence electrons. The molecule has 1 aromatic carbocycles. The third-order valence-electron chi connectivity index (χ3n) is 3.22. The van der Waals surface area contributed by atoms with E-state index in [-0.39, 0.29) is 5.92 Å². The standard InChI is InChI=1S/C13H14BrN/c14-12-7-3-6-11(8-12)13(9-15)10-4-1-2-5-10/h3,6-8,10,13H,1-2,4-5H2/t13-/m0/s1. The van der Waals surface area contributed by atoms with Crippen molar-refractivity contribution in [1.82, 2.24) is 0 Å². The second-order valence-electron chi connectivity index (χ2n) is 4.21. The zero-order valence-electron chi connectivity index (χ0n) is 8.62. The predicted molar refractivity (Wildman–Crippen MR) is 64.5 cm³/mol. The van der Waals surface area contributed by atoms with Gasteiger partial charge in [-0.15, -0.1) is 0 Å². The van der Waals surface area contributed by atoms with E-state index in [0.717, 1.165) is 4.47 Å². The molecule has 0 amide bonds. The molecule has 2 heteroatoms. The van der Waals surface area contributed by atoms with Crippen molar-refractivity contribution in [3.8, 4) is 6.07 Å². The fraction of sp³-hybridized carbons (Fsp3) is 0.462. The van der Waals surface area contributed by atoms with Crippen molar-refractivity contribution in [2.45, 2.75) is 31.6 Å². The van der Waals surface area contributed by atoms with E-state index < -0.39 is 0 Å². The maximum atomic E-state index is 9.27. The molecule has 0 N–H and O–H groups in total. The lowest BCUT2D eigenvalue weighted by atomic mass is 9.86. The second kappa shape index (κ2) is 4.81. The number of benzene rings is 1. The molecular weight excluding hydrogens is 250 g/mol. The number of nitriles is 1. The van der Waals surface area contributed by atoms with Gasteiger partial charge in [0.2, 0.25) is 0 Å². The van der Waals surface area contributed by atoms with Crippen molar-refractivity contribution < 1.29 is 0 Å². The average molecular weight is 264 g/mol. The number of rotatable bonds is 2. The Balaban J connectivity index is 2.23. The van der Waals surface area contributed by atoms with Gasteiger partial charge < -0.3 is 0 Å². The van der Waals surface area contributed by atoms with Crippen molar-refractivity contribution in [1.29, 1.82) is 5.26 Å². The third-order valence-corrected chi connectivity index (χ3v) is 3.71. The van der Waals surface area contributed by atoms with E-state index in [4.69, 9.17) is 0 Å². The van der Waals surface area contributed by atoms with Gasteiger partial charge in [-0.3, -0.25) is 0 Å². The Kier molecular flexibility index (Phi) is 3.43. The lowest BCUT2D eigenvalue weighted by Gasteiger charge is -2.16. The third kappa shape index (κ3) is 2.41. The maximum absolute atomic E-state index is 9.27. The van der Waals surface area contributed by atoms with Crippen LogP contribution in [0.2, 0.25) is 0 Å². The zero-order valence-corrected chi connectivity index (χ0v) is 10.2. The first-order chi connectivity index (χ1) is 7.31. The van der Waals surface area contributed by atoms with Gasteiger partial charge >= 0.3 is 0 Å². The van der Waals surface area contributed by atoms with E-state index >= 15 is 0 Å². The van der Waals surface area contributed by atoms with E-state index in [1.165, 1.54) is 31.2 Å². The average Bonchev–Trinajstić information content (AvgIpc) is 2.72. The molecule has 1 atom stereocenters. The molecule has 0 aromatic heterocycles. The number of nitrogens with zero attached hydrogens (tertiary/aromatic N) is 1. The molecular formula is C13H14BrN. The first-order valence-corrected chi connectivity index (χ1v) is 6.25. The van der Waals surface area contributed by atoms with Gasteiger partial charge in [-0.25, -0.2) is 0 Å². The summed E-state index contributed by atoms with van der Waals surface area (Å²) in [6.45, 7) is 0. The van der Waals surface area contributed by atoms with E-state index in [1.54, 1.807) is 0 Å². The maximum Gasteiger partial charge on any atom is 0.0741 e. The summed E-state index contributed by atoms with van der Waals surface area (Å²) in [5.74, 6) is 0.661. The molecule has 0 radical (unpaired) electrons. The quantitative estimate of drug-likeness (QED) is 0.783. The molecule has 1 nitrogen and oxygen atoms in total. The molecule has 1 fully saturated rings.